The Hall–Kier alpha value is -2.36. The van der Waals surface area contributed by atoms with Gasteiger partial charge in [-0.2, -0.15) is 0 Å². The van der Waals surface area contributed by atoms with Gasteiger partial charge >= 0.3 is 0 Å². The molecule has 1 amide bonds. The molecule has 1 aromatic heterocycles. The number of benzene rings is 1. The predicted molar refractivity (Wildman–Crippen MR) is 122 cm³/mol. The van der Waals surface area contributed by atoms with E-state index < -0.39 is 0 Å². The van der Waals surface area contributed by atoms with Crippen LogP contribution in [-0.4, -0.2) is 10.5 Å². The largest absolute Gasteiger partial charge is 0.351 e. The second-order valence-corrected chi connectivity index (χ2v) is 7.83. The predicted octanol–water partition coefficient (Wildman–Crippen LogP) is 5.28. The maximum atomic E-state index is 13.4. The van der Waals surface area contributed by atoms with Crippen LogP contribution in [0.25, 0.3) is 0 Å². The van der Waals surface area contributed by atoms with Crippen LogP contribution in [-0.2, 0) is 32.7 Å². The van der Waals surface area contributed by atoms with Crippen molar-refractivity contribution < 1.29 is 4.79 Å². The zero-order valence-electron chi connectivity index (χ0n) is 19.2. The zero-order chi connectivity index (χ0) is 21.7. The Morgan fingerprint density at radius 3 is 2.07 bits per heavy atom. The third kappa shape index (κ3) is 4.63. The average molecular weight is 397 g/mol. The summed E-state index contributed by atoms with van der Waals surface area (Å²) in [4.78, 5) is 26.5. The van der Waals surface area contributed by atoms with E-state index in [2.05, 4.69) is 45.1 Å². The molecule has 0 aliphatic rings. The van der Waals surface area contributed by atoms with Crippen LogP contribution in [0.15, 0.2) is 16.9 Å². The highest BCUT2D eigenvalue weighted by atomic mass is 16.2. The van der Waals surface area contributed by atoms with Crippen LogP contribution >= 0.6 is 0 Å². The SMILES string of the molecule is CCCCc1c(C(=O)Nc2c(CC)cc(CC)cc2CC)c(=O)c(C)c(C)n1C. The third-order valence-electron chi connectivity index (χ3n) is 6.07. The van der Waals surface area contributed by atoms with Gasteiger partial charge in [-0.15, -0.1) is 0 Å². The van der Waals surface area contributed by atoms with Crippen LogP contribution in [0.4, 0.5) is 5.69 Å². The molecule has 0 bridgehead atoms. The van der Waals surface area contributed by atoms with Crippen LogP contribution in [0, 0.1) is 13.8 Å². The second kappa shape index (κ2) is 9.91. The molecular weight excluding hydrogens is 360 g/mol. The van der Waals surface area contributed by atoms with Crippen molar-refractivity contribution >= 4 is 11.6 Å². The molecular formula is C25H36N2O2. The monoisotopic (exact) mass is 396 g/mol. The van der Waals surface area contributed by atoms with E-state index in [0.29, 0.717) is 11.1 Å². The van der Waals surface area contributed by atoms with Gasteiger partial charge < -0.3 is 9.88 Å². The molecule has 0 aliphatic heterocycles. The van der Waals surface area contributed by atoms with Crippen molar-refractivity contribution in [3.05, 3.63) is 61.6 Å². The van der Waals surface area contributed by atoms with Gasteiger partial charge in [0.05, 0.1) is 0 Å². The van der Waals surface area contributed by atoms with E-state index in [1.807, 2.05) is 25.5 Å². The zero-order valence-corrected chi connectivity index (χ0v) is 19.2. The summed E-state index contributed by atoms with van der Waals surface area (Å²) in [5, 5.41) is 3.13. The number of hydrogen-bond acceptors (Lipinski definition) is 2. The van der Waals surface area contributed by atoms with Crippen LogP contribution in [0.3, 0.4) is 0 Å². The molecule has 1 N–H and O–H groups in total. The Bertz CT molecular complexity index is 929. The fourth-order valence-corrected chi connectivity index (χ4v) is 3.91. The van der Waals surface area contributed by atoms with E-state index in [1.165, 1.54) is 5.56 Å². The number of unbranched alkanes of at least 4 members (excludes halogenated alkanes) is 1. The van der Waals surface area contributed by atoms with Crippen molar-refractivity contribution in [2.45, 2.75) is 80.1 Å². The summed E-state index contributed by atoms with van der Waals surface area (Å²) >= 11 is 0. The highest BCUT2D eigenvalue weighted by Crippen LogP contribution is 2.26. The number of nitrogens with zero attached hydrogens (tertiary/aromatic N) is 1. The molecule has 0 spiro atoms. The number of rotatable bonds is 8. The van der Waals surface area contributed by atoms with E-state index in [1.54, 1.807) is 0 Å². The lowest BCUT2D eigenvalue weighted by Gasteiger charge is -2.20. The van der Waals surface area contributed by atoms with Gasteiger partial charge in [0.2, 0.25) is 0 Å². The number of aromatic nitrogens is 1. The molecule has 0 unspecified atom stereocenters. The van der Waals surface area contributed by atoms with Crippen molar-refractivity contribution in [2.24, 2.45) is 7.05 Å². The van der Waals surface area contributed by atoms with Gasteiger partial charge in [0, 0.05) is 29.7 Å². The van der Waals surface area contributed by atoms with Gasteiger partial charge in [-0.3, -0.25) is 9.59 Å². The number of hydrogen-bond donors (Lipinski definition) is 1. The van der Waals surface area contributed by atoms with Crippen LogP contribution in [0.2, 0.25) is 0 Å². The topological polar surface area (TPSA) is 51.1 Å². The maximum absolute atomic E-state index is 13.4. The Balaban J connectivity index is 2.61. The van der Waals surface area contributed by atoms with Gasteiger partial charge in [0.15, 0.2) is 5.43 Å². The first-order valence-corrected chi connectivity index (χ1v) is 11.0. The lowest BCUT2D eigenvalue weighted by Crippen LogP contribution is -2.30. The van der Waals surface area contributed by atoms with Crippen LogP contribution in [0.5, 0.6) is 0 Å². The van der Waals surface area contributed by atoms with Crippen molar-refractivity contribution in [3.63, 3.8) is 0 Å². The van der Waals surface area contributed by atoms with Crippen molar-refractivity contribution in [3.8, 4) is 0 Å². The first-order valence-electron chi connectivity index (χ1n) is 11.0. The minimum absolute atomic E-state index is 0.148. The maximum Gasteiger partial charge on any atom is 0.261 e. The molecule has 158 valence electrons. The molecule has 2 aromatic rings. The van der Waals surface area contributed by atoms with Crippen molar-refractivity contribution in [2.75, 3.05) is 5.32 Å². The summed E-state index contributed by atoms with van der Waals surface area (Å²) in [6.45, 7) is 12.2. The minimum atomic E-state index is -0.284. The fourth-order valence-electron chi connectivity index (χ4n) is 3.91. The molecule has 29 heavy (non-hydrogen) atoms. The van der Waals surface area contributed by atoms with Crippen molar-refractivity contribution in [1.82, 2.24) is 4.57 Å². The van der Waals surface area contributed by atoms with Crippen LogP contribution in [0.1, 0.15) is 84.5 Å². The lowest BCUT2D eigenvalue weighted by molar-refractivity contribution is 0.102. The molecule has 0 saturated heterocycles. The van der Waals surface area contributed by atoms with Crippen molar-refractivity contribution in [1.29, 1.82) is 0 Å². The Morgan fingerprint density at radius 2 is 1.59 bits per heavy atom. The molecule has 2 rings (SSSR count). The van der Waals surface area contributed by atoms with Crippen LogP contribution < -0.4 is 10.7 Å². The third-order valence-corrected chi connectivity index (χ3v) is 6.07. The number of nitrogens with one attached hydrogen (secondary N) is 1. The van der Waals surface area contributed by atoms with E-state index in [-0.39, 0.29) is 11.3 Å². The number of amides is 1. The molecule has 0 radical (unpaired) electrons. The smallest absolute Gasteiger partial charge is 0.261 e. The Kier molecular flexibility index (Phi) is 7.83. The molecule has 4 heteroatoms. The summed E-state index contributed by atoms with van der Waals surface area (Å²) < 4.78 is 2.02. The molecule has 4 nitrogen and oxygen atoms in total. The molecule has 0 saturated carbocycles. The Labute approximate surface area is 175 Å². The number of anilines is 1. The van der Waals surface area contributed by atoms with Gasteiger partial charge in [-0.1, -0.05) is 46.2 Å². The highest BCUT2D eigenvalue weighted by Gasteiger charge is 2.23. The van der Waals surface area contributed by atoms with E-state index in [4.69, 9.17) is 0 Å². The second-order valence-electron chi connectivity index (χ2n) is 7.83. The fraction of sp³-hybridized carbons (Fsp3) is 0.520. The van der Waals surface area contributed by atoms with E-state index in [9.17, 15) is 9.59 Å². The summed E-state index contributed by atoms with van der Waals surface area (Å²) in [6.07, 6.45) is 5.33. The van der Waals surface area contributed by atoms with E-state index >= 15 is 0 Å². The molecule has 0 aliphatic carbocycles. The van der Waals surface area contributed by atoms with Gasteiger partial charge in [0.25, 0.3) is 5.91 Å². The number of pyridine rings is 1. The summed E-state index contributed by atoms with van der Waals surface area (Å²) in [5.41, 5.74) is 6.97. The Morgan fingerprint density at radius 1 is 1.00 bits per heavy atom. The minimum Gasteiger partial charge on any atom is -0.351 e. The number of aryl methyl sites for hydroxylation is 3. The highest BCUT2D eigenvalue weighted by molar-refractivity contribution is 6.06. The molecule has 0 fully saturated rings. The lowest BCUT2D eigenvalue weighted by atomic mass is 9.97. The van der Waals surface area contributed by atoms with Gasteiger partial charge in [-0.05, 0) is 62.6 Å². The first kappa shape index (κ1) is 22.9. The van der Waals surface area contributed by atoms with Gasteiger partial charge in [-0.25, -0.2) is 0 Å². The number of carbonyl (C=O) groups is 1. The number of carbonyl (C=O) groups excluding carboxylic acids is 1. The summed E-state index contributed by atoms with van der Waals surface area (Å²) in [7, 11) is 1.95. The summed E-state index contributed by atoms with van der Waals surface area (Å²) in [6, 6.07) is 4.34. The van der Waals surface area contributed by atoms with E-state index in [0.717, 1.165) is 66.7 Å². The summed E-state index contributed by atoms with van der Waals surface area (Å²) in [5.74, 6) is -0.284. The quantitative estimate of drug-likeness (QED) is 0.659. The average Bonchev–Trinajstić information content (AvgIpc) is 2.73. The molecule has 1 heterocycles. The standard InChI is InChI=1S/C25H36N2O2/c1-8-12-13-21-22(24(28)16(5)17(6)27(21)7)25(29)26-23-19(10-3)14-18(9-2)15-20(23)11-4/h14-15H,8-13H2,1-7H3,(H,26,29). The molecule has 0 atom stereocenters. The molecule has 1 aromatic carbocycles. The first-order chi connectivity index (χ1) is 13.8. The van der Waals surface area contributed by atoms with Gasteiger partial charge in [0.1, 0.15) is 5.56 Å². The normalized spacial score (nSPS) is 11.0.